The minimum atomic E-state index is -4.51. The van der Waals surface area contributed by atoms with E-state index in [-0.39, 0.29) is 16.9 Å². The predicted octanol–water partition coefficient (Wildman–Crippen LogP) is 4.14. The van der Waals surface area contributed by atoms with Crippen LogP contribution >= 0.6 is 0 Å². The fourth-order valence-electron chi connectivity index (χ4n) is 2.58. The van der Waals surface area contributed by atoms with Crippen LogP contribution in [0.2, 0.25) is 0 Å². The molecular weight excluding hydrogens is 283 g/mol. The average Bonchev–Trinajstić information content (AvgIpc) is 3.19. The van der Waals surface area contributed by atoms with Crippen molar-refractivity contribution < 1.29 is 23.1 Å². The minimum absolute atomic E-state index is 0.0409. The summed E-state index contributed by atoms with van der Waals surface area (Å²) in [6, 6.07) is 3.05. The van der Waals surface area contributed by atoms with E-state index in [4.69, 9.17) is 0 Å². The monoisotopic (exact) mass is 295 g/mol. The SMILES string of the molecule is Cc1c(C2CC2)nc2ccc(C(F)(F)F)cc2c1C(=O)O. The van der Waals surface area contributed by atoms with Crippen molar-refractivity contribution in [3.05, 3.63) is 40.6 Å². The van der Waals surface area contributed by atoms with E-state index in [1.807, 2.05) is 0 Å². The van der Waals surface area contributed by atoms with Gasteiger partial charge in [0.05, 0.1) is 16.6 Å². The summed E-state index contributed by atoms with van der Waals surface area (Å²) in [4.78, 5) is 15.9. The first kappa shape index (κ1) is 13.9. The number of alkyl halides is 3. The molecule has 1 heterocycles. The average molecular weight is 295 g/mol. The molecule has 1 aliphatic carbocycles. The molecule has 1 aromatic heterocycles. The molecule has 3 nitrogen and oxygen atoms in total. The normalized spacial score (nSPS) is 15.4. The van der Waals surface area contributed by atoms with Gasteiger partial charge in [0, 0.05) is 17.0 Å². The van der Waals surface area contributed by atoms with Crippen LogP contribution in [0.5, 0.6) is 0 Å². The van der Waals surface area contributed by atoms with E-state index in [1.165, 1.54) is 6.07 Å². The molecule has 1 saturated carbocycles. The van der Waals surface area contributed by atoms with Gasteiger partial charge in [-0.15, -0.1) is 0 Å². The number of nitrogens with zero attached hydrogens (tertiary/aromatic N) is 1. The lowest BCUT2D eigenvalue weighted by Crippen LogP contribution is -2.09. The number of rotatable bonds is 2. The van der Waals surface area contributed by atoms with Crippen LogP contribution in [0.3, 0.4) is 0 Å². The Hall–Kier alpha value is -2.11. The van der Waals surface area contributed by atoms with E-state index in [0.29, 0.717) is 16.8 Å². The number of benzene rings is 1. The van der Waals surface area contributed by atoms with Crippen LogP contribution in [0.4, 0.5) is 13.2 Å². The number of aromatic carboxylic acids is 1. The summed E-state index contributed by atoms with van der Waals surface area (Å²) in [7, 11) is 0. The van der Waals surface area contributed by atoms with Gasteiger partial charge in [-0.2, -0.15) is 13.2 Å². The van der Waals surface area contributed by atoms with E-state index < -0.39 is 17.7 Å². The minimum Gasteiger partial charge on any atom is -0.478 e. The Morgan fingerprint density at radius 2 is 2.00 bits per heavy atom. The van der Waals surface area contributed by atoms with Crippen molar-refractivity contribution in [3.8, 4) is 0 Å². The second kappa shape index (κ2) is 4.44. The van der Waals surface area contributed by atoms with Crippen molar-refractivity contribution in [3.63, 3.8) is 0 Å². The Balaban J connectivity index is 2.33. The summed E-state index contributed by atoms with van der Waals surface area (Å²) >= 11 is 0. The molecule has 0 atom stereocenters. The highest BCUT2D eigenvalue weighted by Gasteiger charge is 2.33. The van der Waals surface area contributed by atoms with Crippen LogP contribution in [0.1, 0.15) is 45.9 Å². The molecule has 1 N–H and O–H groups in total. The highest BCUT2D eigenvalue weighted by atomic mass is 19.4. The maximum Gasteiger partial charge on any atom is 0.416 e. The molecule has 1 aromatic carbocycles. The van der Waals surface area contributed by atoms with Gasteiger partial charge in [0.15, 0.2) is 0 Å². The number of halogens is 3. The third-order valence-corrected chi connectivity index (χ3v) is 3.77. The Morgan fingerprint density at radius 3 is 2.52 bits per heavy atom. The molecular formula is C15H12F3NO2. The standard InChI is InChI=1S/C15H12F3NO2/c1-7-12(14(20)21)10-6-9(15(16,17)18)4-5-11(10)19-13(7)8-2-3-8/h4-6,8H,2-3H2,1H3,(H,20,21). The van der Waals surface area contributed by atoms with Gasteiger partial charge in [-0.3, -0.25) is 4.98 Å². The lowest BCUT2D eigenvalue weighted by atomic mass is 9.98. The molecule has 0 spiro atoms. The fraction of sp³-hybridized carbons (Fsp3) is 0.333. The molecule has 2 aromatic rings. The van der Waals surface area contributed by atoms with E-state index in [1.54, 1.807) is 6.92 Å². The van der Waals surface area contributed by atoms with Crippen LogP contribution in [0, 0.1) is 6.92 Å². The van der Waals surface area contributed by atoms with Gasteiger partial charge in [-0.25, -0.2) is 4.79 Å². The first-order valence-electron chi connectivity index (χ1n) is 6.54. The number of fused-ring (bicyclic) bond motifs is 1. The maximum atomic E-state index is 12.8. The number of carboxylic acids is 1. The molecule has 21 heavy (non-hydrogen) atoms. The molecule has 3 rings (SSSR count). The third-order valence-electron chi connectivity index (χ3n) is 3.77. The van der Waals surface area contributed by atoms with Crippen LogP contribution in [-0.4, -0.2) is 16.1 Å². The molecule has 0 amide bonds. The van der Waals surface area contributed by atoms with Gasteiger partial charge in [0.1, 0.15) is 0 Å². The Morgan fingerprint density at radius 1 is 1.33 bits per heavy atom. The third kappa shape index (κ3) is 2.34. The summed E-state index contributed by atoms with van der Waals surface area (Å²) in [5, 5.41) is 9.42. The predicted molar refractivity (Wildman–Crippen MR) is 70.4 cm³/mol. The molecule has 6 heteroatoms. The molecule has 0 saturated heterocycles. The van der Waals surface area contributed by atoms with Crippen LogP contribution in [-0.2, 0) is 6.18 Å². The van der Waals surface area contributed by atoms with Gasteiger partial charge >= 0.3 is 12.1 Å². The van der Waals surface area contributed by atoms with Crippen LogP contribution in [0.25, 0.3) is 10.9 Å². The number of aromatic nitrogens is 1. The molecule has 1 fully saturated rings. The second-order valence-electron chi connectivity index (χ2n) is 5.31. The summed E-state index contributed by atoms with van der Waals surface area (Å²) in [5.74, 6) is -0.990. The highest BCUT2D eigenvalue weighted by Crippen LogP contribution is 2.43. The summed E-state index contributed by atoms with van der Waals surface area (Å²) in [6.45, 7) is 1.61. The summed E-state index contributed by atoms with van der Waals surface area (Å²) < 4.78 is 38.4. The van der Waals surface area contributed by atoms with Gasteiger partial charge in [-0.05, 0) is 43.5 Å². The molecule has 0 aliphatic heterocycles. The molecule has 110 valence electrons. The van der Waals surface area contributed by atoms with Crippen molar-refractivity contribution in [2.75, 3.05) is 0 Å². The number of hydrogen-bond acceptors (Lipinski definition) is 2. The van der Waals surface area contributed by atoms with E-state index in [9.17, 15) is 23.1 Å². The quantitative estimate of drug-likeness (QED) is 0.906. The van der Waals surface area contributed by atoms with Crippen LogP contribution in [0.15, 0.2) is 18.2 Å². The number of pyridine rings is 1. The number of hydrogen-bond donors (Lipinski definition) is 1. The zero-order valence-corrected chi connectivity index (χ0v) is 11.2. The van der Waals surface area contributed by atoms with Crippen molar-refractivity contribution in [1.82, 2.24) is 4.98 Å². The molecule has 0 radical (unpaired) electrons. The van der Waals surface area contributed by atoms with Gasteiger partial charge in [0.25, 0.3) is 0 Å². The molecule has 0 bridgehead atoms. The Bertz CT molecular complexity index is 749. The fourth-order valence-corrected chi connectivity index (χ4v) is 2.58. The van der Waals surface area contributed by atoms with E-state index in [2.05, 4.69) is 4.98 Å². The second-order valence-corrected chi connectivity index (χ2v) is 5.31. The van der Waals surface area contributed by atoms with Gasteiger partial charge in [-0.1, -0.05) is 0 Å². The lowest BCUT2D eigenvalue weighted by Gasteiger charge is -2.13. The lowest BCUT2D eigenvalue weighted by molar-refractivity contribution is -0.137. The van der Waals surface area contributed by atoms with Crippen LogP contribution < -0.4 is 0 Å². The summed E-state index contributed by atoms with van der Waals surface area (Å²) in [5.41, 5.74) is 0.523. The molecule has 0 unspecified atom stereocenters. The zero-order chi connectivity index (χ0) is 15.4. The number of carboxylic acid groups (broad SMARTS) is 1. The van der Waals surface area contributed by atoms with E-state index in [0.717, 1.165) is 25.0 Å². The van der Waals surface area contributed by atoms with E-state index >= 15 is 0 Å². The largest absolute Gasteiger partial charge is 0.478 e. The highest BCUT2D eigenvalue weighted by molar-refractivity contribution is 6.04. The summed E-state index contributed by atoms with van der Waals surface area (Å²) in [6.07, 6.45) is -2.62. The van der Waals surface area contributed by atoms with Crippen molar-refractivity contribution in [2.24, 2.45) is 0 Å². The maximum absolute atomic E-state index is 12.8. The number of carbonyl (C=O) groups is 1. The smallest absolute Gasteiger partial charge is 0.416 e. The zero-order valence-electron chi connectivity index (χ0n) is 11.2. The Labute approximate surface area is 118 Å². The van der Waals surface area contributed by atoms with Crippen molar-refractivity contribution >= 4 is 16.9 Å². The first-order chi connectivity index (χ1) is 9.79. The molecule has 1 aliphatic rings. The topological polar surface area (TPSA) is 50.2 Å². The Kier molecular flexibility index (Phi) is 2.93. The van der Waals surface area contributed by atoms with Crippen molar-refractivity contribution in [1.29, 1.82) is 0 Å². The first-order valence-corrected chi connectivity index (χ1v) is 6.54. The van der Waals surface area contributed by atoms with Gasteiger partial charge in [0.2, 0.25) is 0 Å². The van der Waals surface area contributed by atoms with Crippen molar-refractivity contribution in [2.45, 2.75) is 31.9 Å². The van der Waals surface area contributed by atoms with Gasteiger partial charge < -0.3 is 5.11 Å².